The van der Waals surface area contributed by atoms with Gasteiger partial charge < -0.3 is 15.2 Å². The Bertz CT molecular complexity index is 1020. The van der Waals surface area contributed by atoms with Crippen molar-refractivity contribution in [2.75, 3.05) is 44.2 Å². The highest BCUT2D eigenvalue weighted by molar-refractivity contribution is 6.31. The van der Waals surface area contributed by atoms with Crippen molar-refractivity contribution in [2.24, 2.45) is 0 Å². The van der Waals surface area contributed by atoms with Crippen LogP contribution in [0, 0.1) is 6.92 Å². The summed E-state index contributed by atoms with van der Waals surface area (Å²) in [5.74, 6) is 0.0719. The summed E-state index contributed by atoms with van der Waals surface area (Å²) in [5.41, 5.74) is 4.63. The van der Waals surface area contributed by atoms with Gasteiger partial charge in [-0.05, 0) is 61.7 Å². The van der Waals surface area contributed by atoms with Gasteiger partial charge in [-0.1, -0.05) is 29.8 Å². The van der Waals surface area contributed by atoms with Crippen molar-refractivity contribution in [3.63, 3.8) is 0 Å². The summed E-state index contributed by atoms with van der Waals surface area (Å²) in [5, 5.41) is 4.82. The van der Waals surface area contributed by atoms with Crippen molar-refractivity contribution >= 4 is 34.1 Å². The Kier molecular flexibility index (Phi) is 7.15. The summed E-state index contributed by atoms with van der Waals surface area (Å²) < 4.78 is 0. The Morgan fingerprint density at radius 1 is 1.10 bits per heavy atom. The average Bonchev–Trinajstić information content (AvgIpc) is 3.15. The minimum absolute atomic E-state index is 0.0719. The summed E-state index contributed by atoms with van der Waals surface area (Å²) in [7, 11) is 0. The Morgan fingerprint density at radius 3 is 2.74 bits per heavy atom. The third-order valence-corrected chi connectivity index (χ3v) is 6.28. The van der Waals surface area contributed by atoms with Crippen LogP contribution in [-0.2, 0) is 11.2 Å². The van der Waals surface area contributed by atoms with Gasteiger partial charge in [-0.15, -0.1) is 0 Å². The van der Waals surface area contributed by atoms with Crippen LogP contribution in [0.1, 0.15) is 24.0 Å². The smallest absolute Gasteiger partial charge is 0.224 e. The number of carbonyl (C=O) groups excluding carboxylic acids is 1. The molecule has 1 fully saturated rings. The molecule has 3 aromatic rings. The summed E-state index contributed by atoms with van der Waals surface area (Å²) in [6.45, 7) is 8.34. The highest BCUT2D eigenvalue weighted by Crippen LogP contribution is 2.22. The molecule has 2 N–H and O–H groups in total. The topological polar surface area (TPSA) is 51.4 Å². The summed E-state index contributed by atoms with van der Waals surface area (Å²) in [6.07, 6.45) is 4.41. The number of benzene rings is 2. The third kappa shape index (κ3) is 5.81. The number of H-pyrrole nitrogens is 1. The number of hydrogen-bond donors (Lipinski definition) is 2. The van der Waals surface area contributed by atoms with Crippen molar-refractivity contribution in [1.82, 2.24) is 15.2 Å². The van der Waals surface area contributed by atoms with E-state index in [-0.39, 0.29) is 5.91 Å². The van der Waals surface area contributed by atoms with Gasteiger partial charge in [-0.25, -0.2) is 0 Å². The minimum atomic E-state index is 0.0719. The van der Waals surface area contributed by atoms with Crippen LogP contribution in [0.4, 0.5) is 5.69 Å². The molecule has 0 atom stereocenters. The van der Waals surface area contributed by atoms with Gasteiger partial charge in [0, 0.05) is 60.5 Å². The van der Waals surface area contributed by atoms with Gasteiger partial charge in [0.1, 0.15) is 0 Å². The van der Waals surface area contributed by atoms with Gasteiger partial charge in [-0.3, -0.25) is 9.69 Å². The van der Waals surface area contributed by atoms with Gasteiger partial charge >= 0.3 is 0 Å². The maximum atomic E-state index is 12.3. The third-order valence-electron chi connectivity index (χ3n) is 6.04. The lowest BCUT2D eigenvalue weighted by Crippen LogP contribution is -2.46. The molecule has 164 valence electrons. The number of aryl methyl sites for hydroxylation is 1. The molecule has 2 heterocycles. The molecule has 1 aliphatic heterocycles. The number of nitrogens with zero attached hydrogens (tertiary/aromatic N) is 2. The second-order valence-corrected chi connectivity index (χ2v) is 8.84. The molecule has 2 aromatic carbocycles. The number of halogens is 1. The van der Waals surface area contributed by atoms with E-state index in [2.05, 4.69) is 51.3 Å². The number of rotatable bonds is 8. The zero-order valence-electron chi connectivity index (χ0n) is 18.2. The van der Waals surface area contributed by atoms with E-state index in [9.17, 15) is 4.79 Å². The van der Waals surface area contributed by atoms with Gasteiger partial charge in [0.05, 0.1) is 6.42 Å². The number of aromatic nitrogens is 1. The SMILES string of the molecule is Cc1cccc(N2CCN(CCCCNC(=O)Cc3c[nH]c4cc(Cl)ccc34)CC2)c1. The number of nitrogens with one attached hydrogen (secondary N) is 2. The van der Waals surface area contributed by atoms with Crippen molar-refractivity contribution < 1.29 is 4.79 Å². The van der Waals surface area contributed by atoms with E-state index in [0.29, 0.717) is 11.4 Å². The number of amides is 1. The first-order valence-corrected chi connectivity index (χ1v) is 11.5. The Labute approximate surface area is 189 Å². The molecule has 4 rings (SSSR count). The Hall–Kier alpha value is -2.50. The number of fused-ring (bicyclic) bond motifs is 1. The molecule has 6 heteroatoms. The quantitative estimate of drug-likeness (QED) is 0.513. The van der Waals surface area contributed by atoms with Crippen LogP contribution >= 0.6 is 11.6 Å². The van der Waals surface area contributed by atoms with Crippen LogP contribution in [0.15, 0.2) is 48.7 Å². The molecular formula is C25H31ClN4O. The van der Waals surface area contributed by atoms with E-state index in [4.69, 9.17) is 11.6 Å². The molecule has 0 radical (unpaired) electrons. The van der Waals surface area contributed by atoms with Crippen LogP contribution in [0.5, 0.6) is 0 Å². The van der Waals surface area contributed by atoms with E-state index >= 15 is 0 Å². The molecule has 0 bridgehead atoms. The lowest BCUT2D eigenvalue weighted by molar-refractivity contribution is -0.120. The average molecular weight is 439 g/mol. The minimum Gasteiger partial charge on any atom is -0.369 e. The molecule has 1 saturated heterocycles. The lowest BCUT2D eigenvalue weighted by atomic mass is 10.1. The number of carbonyl (C=O) groups is 1. The van der Waals surface area contributed by atoms with E-state index in [1.54, 1.807) is 0 Å². The van der Waals surface area contributed by atoms with Crippen LogP contribution in [0.2, 0.25) is 5.02 Å². The first kappa shape index (κ1) is 21.7. The van der Waals surface area contributed by atoms with Crippen molar-refractivity contribution in [2.45, 2.75) is 26.2 Å². The number of aromatic amines is 1. The number of unbranched alkanes of at least 4 members (excludes halogenated alkanes) is 1. The predicted molar refractivity (Wildman–Crippen MR) is 129 cm³/mol. The van der Waals surface area contributed by atoms with E-state index in [1.165, 1.54) is 11.3 Å². The van der Waals surface area contributed by atoms with Crippen molar-refractivity contribution in [1.29, 1.82) is 0 Å². The zero-order chi connectivity index (χ0) is 21.6. The van der Waals surface area contributed by atoms with E-state index < -0.39 is 0 Å². The Morgan fingerprint density at radius 2 is 1.94 bits per heavy atom. The van der Waals surface area contributed by atoms with Crippen LogP contribution in [0.25, 0.3) is 10.9 Å². The second kappa shape index (κ2) is 10.2. The molecule has 1 aliphatic rings. The van der Waals surface area contributed by atoms with Gasteiger partial charge in [-0.2, -0.15) is 0 Å². The fraction of sp³-hybridized carbons (Fsp3) is 0.400. The fourth-order valence-corrected chi connectivity index (χ4v) is 4.45. The molecule has 1 amide bonds. The number of hydrogen-bond acceptors (Lipinski definition) is 3. The maximum Gasteiger partial charge on any atom is 0.224 e. The summed E-state index contributed by atoms with van der Waals surface area (Å²) in [4.78, 5) is 20.5. The van der Waals surface area contributed by atoms with E-state index in [1.807, 2.05) is 24.4 Å². The molecule has 31 heavy (non-hydrogen) atoms. The normalized spacial score (nSPS) is 14.8. The molecule has 0 spiro atoms. The highest BCUT2D eigenvalue weighted by Gasteiger charge is 2.16. The first-order valence-electron chi connectivity index (χ1n) is 11.1. The van der Waals surface area contributed by atoms with Crippen LogP contribution in [0.3, 0.4) is 0 Å². The molecular weight excluding hydrogens is 408 g/mol. The van der Waals surface area contributed by atoms with Crippen LogP contribution < -0.4 is 10.2 Å². The van der Waals surface area contributed by atoms with Gasteiger partial charge in [0.2, 0.25) is 5.91 Å². The predicted octanol–water partition coefficient (Wildman–Crippen LogP) is 4.39. The lowest BCUT2D eigenvalue weighted by Gasteiger charge is -2.36. The first-order chi connectivity index (χ1) is 15.1. The summed E-state index contributed by atoms with van der Waals surface area (Å²) in [6, 6.07) is 14.5. The monoisotopic (exact) mass is 438 g/mol. The van der Waals surface area contributed by atoms with Gasteiger partial charge in [0.25, 0.3) is 0 Å². The largest absolute Gasteiger partial charge is 0.369 e. The number of piperazine rings is 1. The molecule has 0 aliphatic carbocycles. The highest BCUT2D eigenvalue weighted by atomic mass is 35.5. The molecule has 5 nitrogen and oxygen atoms in total. The van der Waals surface area contributed by atoms with Gasteiger partial charge in [0.15, 0.2) is 0 Å². The maximum absolute atomic E-state index is 12.3. The molecule has 1 aromatic heterocycles. The van der Waals surface area contributed by atoms with Crippen molar-refractivity contribution in [3.05, 3.63) is 64.8 Å². The Balaban J connectivity index is 1.12. The fourth-order valence-electron chi connectivity index (χ4n) is 4.28. The van der Waals surface area contributed by atoms with E-state index in [0.717, 1.165) is 68.6 Å². The standard InChI is InChI=1S/C25H31ClN4O/c1-19-5-4-6-22(15-19)30-13-11-29(12-14-30)10-3-2-9-27-25(31)16-20-18-28-24-17-21(26)7-8-23(20)24/h4-8,15,17-18,28H,2-3,9-14,16H2,1H3,(H,27,31). The van der Waals surface area contributed by atoms with Crippen molar-refractivity contribution in [3.8, 4) is 0 Å². The summed E-state index contributed by atoms with van der Waals surface area (Å²) >= 11 is 6.02. The number of anilines is 1. The van der Waals surface area contributed by atoms with Crippen LogP contribution in [-0.4, -0.2) is 55.1 Å². The molecule has 0 unspecified atom stereocenters. The zero-order valence-corrected chi connectivity index (χ0v) is 18.9. The molecule has 0 saturated carbocycles. The second-order valence-electron chi connectivity index (χ2n) is 8.41.